The Bertz CT molecular complexity index is 270. The predicted octanol–water partition coefficient (Wildman–Crippen LogP) is 2.51. The molecule has 1 rings (SSSR count). The molecule has 3 heteroatoms. The van der Waals surface area contributed by atoms with Gasteiger partial charge in [0.25, 0.3) is 0 Å². The molecule has 2 nitrogen and oxygen atoms in total. The van der Waals surface area contributed by atoms with Crippen LogP contribution in [0, 0.1) is 0 Å². The van der Waals surface area contributed by atoms with Gasteiger partial charge in [0.15, 0.2) is 0 Å². The van der Waals surface area contributed by atoms with E-state index in [1.807, 2.05) is 30.3 Å². The molecule has 1 atom stereocenters. The average molecular weight is 243 g/mol. The van der Waals surface area contributed by atoms with Crippen LogP contribution in [0.3, 0.4) is 0 Å². The Kier molecular flexibility index (Phi) is 3.96. The molecule has 0 aromatic heterocycles. The van der Waals surface area contributed by atoms with E-state index in [4.69, 9.17) is 4.74 Å². The van der Waals surface area contributed by atoms with Crippen LogP contribution in [0.1, 0.15) is 12.5 Å². The Morgan fingerprint density at radius 3 is 2.62 bits per heavy atom. The molecule has 0 fully saturated rings. The smallest absolute Gasteiger partial charge is 0.319 e. The van der Waals surface area contributed by atoms with Gasteiger partial charge in [-0.05, 0) is 12.5 Å². The van der Waals surface area contributed by atoms with Crippen molar-refractivity contribution in [2.24, 2.45) is 0 Å². The number of carbonyl (C=O) groups is 1. The number of benzene rings is 1. The fraction of sp³-hybridized carbons (Fsp3) is 0.300. The zero-order valence-corrected chi connectivity index (χ0v) is 8.95. The number of halogens is 1. The van der Waals surface area contributed by atoms with Crippen molar-refractivity contribution in [1.82, 2.24) is 0 Å². The van der Waals surface area contributed by atoms with E-state index in [9.17, 15) is 4.79 Å². The van der Waals surface area contributed by atoms with E-state index >= 15 is 0 Å². The Labute approximate surface area is 86.0 Å². The predicted molar refractivity (Wildman–Crippen MR) is 54.6 cm³/mol. The van der Waals surface area contributed by atoms with Crippen molar-refractivity contribution >= 4 is 21.9 Å². The monoisotopic (exact) mass is 242 g/mol. The minimum absolute atomic E-state index is 0.233. The molecule has 0 aliphatic heterocycles. The van der Waals surface area contributed by atoms with Crippen molar-refractivity contribution < 1.29 is 9.53 Å². The van der Waals surface area contributed by atoms with Crippen molar-refractivity contribution in [3.63, 3.8) is 0 Å². The SMILES string of the molecule is C[C@@H](Br)C(=O)OCc1ccccc1. The number of rotatable bonds is 3. The van der Waals surface area contributed by atoms with Crippen molar-refractivity contribution in [3.8, 4) is 0 Å². The van der Waals surface area contributed by atoms with Gasteiger partial charge >= 0.3 is 5.97 Å². The first-order chi connectivity index (χ1) is 6.20. The molecular weight excluding hydrogens is 232 g/mol. The van der Waals surface area contributed by atoms with Gasteiger partial charge < -0.3 is 4.74 Å². The van der Waals surface area contributed by atoms with Crippen LogP contribution >= 0.6 is 15.9 Å². The number of ether oxygens (including phenoxy) is 1. The van der Waals surface area contributed by atoms with E-state index in [0.29, 0.717) is 6.61 Å². The lowest BCUT2D eigenvalue weighted by Crippen LogP contribution is -2.13. The van der Waals surface area contributed by atoms with Crippen molar-refractivity contribution in [2.45, 2.75) is 18.4 Å². The summed E-state index contributed by atoms with van der Waals surface area (Å²) in [5, 5.41) is 0. The minimum Gasteiger partial charge on any atom is -0.460 e. The van der Waals surface area contributed by atoms with Crippen molar-refractivity contribution in [3.05, 3.63) is 35.9 Å². The zero-order chi connectivity index (χ0) is 9.68. The number of hydrogen-bond donors (Lipinski definition) is 0. The summed E-state index contributed by atoms with van der Waals surface area (Å²) in [7, 11) is 0. The summed E-state index contributed by atoms with van der Waals surface area (Å²) in [5.74, 6) is -0.233. The highest BCUT2D eigenvalue weighted by atomic mass is 79.9. The van der Waals surface area contributed by atoms with Crippen LogP contribution in [0.5, 0.6) is 0 Å². The van der Waals surface area contributed by atoms with Crippen molar-refractivity contribution in [1.29, 1.82) is 0 Å². The van der Waals surface area contributed by atoms with Gasteiger partial charge in [0.2, 0.25) is 0 Å². The molecule has 0 spiro atoms. The highest BCUT2D eigenvalue weighted by Crippen LogP contribution is 2.05. The van der Waals surface area contributed by atoms with Gasteiger partial charge in [0.1, 0.15) is 11.4 Å². The second kappa shape index (κ2) is 5.02. The van der Waals surface area contributed by atoms with E-state index in [2.05, 4.69) is 15.9 Å². The van der Waals surface area contributed by atoms with Crippen LogP contribution in [0.25, 0.3) is 0 Å². The maximum absolute atomic E-state index is 11.0. The normalized spacial score (nSPS) is 12.2. The van der Waals surface area contributed by atoms with Gasteiger partial charge in [0.05, 0.1) is 0 Å². The van der Waals surface area contributed by atoms with Gasteiger partial charge in [-0.1, -0.05) is 46.3 Å². The summed E-state index contributed by atoms with van der Waals surface area (Å²) in [5.41, 5.74) is 1.00. The number of alkyl halides is 1. The topological polar surface area (TPSA) is 26.3 Å². The largest absolute Gasteiger partial charge is 0.460 e. The molecule has 0 saturated heterocycles. The molecule has 0 radical (unpaired) electrons. The summed E-state index contributed by atoms with van der Waals surface area (Å²) >= 11 is 3.14. The molecule has 0 bridgehead atoms. The van der Waals surface area contributed by atoms with Gasteiger partial charge in [-0.15, -0.1) is 0 Å². The molecule has 0 amide bonds. The lowest BCUT2D eigenvalue weighted by Gasteiger charge is -2.05. The fourth-order valence-electron chi connectivity index (χ4n) is 0.844. The highest BCUT2D eigenvalue weighted by Gasteiger charge is 2.09. The number of carbonyl (C=O) groups excluding carboxylic acids is 1. The second-order valence-electron chi connectivity index (χ2n) is 2.71. The van der Waals surface area contributed by atoms with E-state index in [0.717, 1.165) is 5.56 Å². The van der Waals surface area contributed by atoms with Crippen LogP contribution in [0.4, 0.5) is 0 Å². The molecule has 13 heavy (non-hydrogen) atoms. The van der Waals surface area contributed by atoms with E-state index in [1.165, 1.54) is 0 Å². The average Bonchev–Trinajstić information content (AvgIpc) is 2.15. The van der Waals surface area contributed by atoms with Crippen LogP contribution in [-0.2, 0) is 16.1 Å². The highest BCUT2D eigenvalue weighted by molar-refractivity contribution is 9.10. The molecule has 1 aromatic carbocycles. The van der Waals surface area contributed by atoms with Gasteiger partial charge in [-0.25, -0.2) is 0 Å². The first kappa shape index (κ1) is 10.3. The van der Waals surface area contributed by atoms with Crippen molar-refractivity contribution in [2.75, 3.05) is 0 Å². The zero-order valence-electron chi connectivity index (χ0n) is 7.37. The number of esters is 1. The van der Waals surface area contributed by atoms with E-state index in [1.54, 1.807) is 6.92 Å². The summed E-state index contributed by atoms with van der Waals surface area (Å²) in [6.07, 6.45) is 0. The van der Waals surface area contributed by atoms with Crippen LogP contribution in [0.2, 0.25) is 0 Å². The second-order valence-corrected chi connectivity index (χ2v) is 4.08. The van der Waals surface area contributed by atoms with Gasteiger partial charge in [-0.3, -0.25) is 4.79 Å². The molecule has 70 valence electrons. The summed E-state index contributed by atoms with van der Waals surface area (Å²) < 4.78 is 5.00. The Morgan fingerprint density at radius 1 is 1.46 bits per heavy atom. The third kappa shape index (κ3) is 3.59. The fourth-order valence-corrected chi connectivity index (χ4v) is 0.976. The molecule has 1 aromatic rings. The van der Waals surface area contributed by atoms with E-state index in [-0.39, 0.29) is 10.8 Å². The van der Waals surface area contributed by atoms with Crippen LogP contribution < -0.4 is 0 Å². The lowest BCUT2D eigenvalue weighted by molar-refractivity contribution is -0.143. The Balaban J connectivity index is 2.40. The third-order valence-corrected chi connectivity index (χ3v) is 1.92. The molecule has 0 N–H and O–H groups in total. The summed E-state index contributed by atoms with van der Waals surface area (Å²) in [6, 6.07) is 9.61. The Morgan fingerprint density at radius 2 is 2.08 bits per heavy atom. The van der Waals surface area contributed by atoms with Gasteiger partial charge in [-0.2, -0.15) is 0 Å². The quantitative estimate of drug-likeness (QED) is 0.602. The van der Waals surface area contributed by atoms with E-state index < -0.39 is 0 Å². The van der Waals surface area contributed by atoms with Gasteiger partial charge in [0, 0.05) is 0 Å². The first-order valence-corrected chi connectivity index (χ1v) is 4.96. The maximum atomic E-state index is 11.0. The minimum atomic E-state index is -0.240. The summed E-state index contributed by atoms with van der Waals surface area (Å²) in [4.78, 5) is 10.8. The molecule has 0 aliphatic carbocycles. The number of hydrogen-bond acceptors (Lipinski definition) is 2. The lowest BCUT2D eigenvalue weighted by atomic mass is 10.2. The Hall–Kier alpha value is -0.830. The first-order valence-electron chi connectivity index (χ1n) is 4.05. The molecule has 0 heterocycles. The maximum Gasteiger partial charge on any atom is 0.319 e. The van der Waals surface area contributed by atoms with Crippen LogP contribution in [0.15, 0.2) is 30.3 Å². The molecular formula is C10H11BrO2. The summed E-state index contributed by atoms with van der Waals surface area (Å²) in [6.45, 7) is 2.09. The molecule has 0 saturated carbocycles. The standard InChI is InChI=1S/C10H11BrO2/c1-8(11)10(12)13-7-9-5-3-2-4-6-9/h2-6,8H,7H2,1H3/t8-/m1/s1. The third-order valence-electron chi connectivity index (χ3n) is 1.55. The molecule has 0 unspecified atom stereocenters. The molecule has 0 aliphatic rings. The van der Waals surface area contributed by atoms with Crippen LogP contribution in [-0.4, -0.2) is 10.8 Å².